The molecule has 0 atom stereocenters. The van der Waals surface area contributed by atoms with Crippen LogP contribution in [0, 0.1) is 13.8 Å². The highest BCUT2D eigenvalue weighted by molar-refractivity contribution is 7.99. The Morgan fingerprint density at radius 3 is 2.58 bits per heavy atom. The summed E-state index contributed by atoms with van der Waals surface area (Å²) in [5.41, 5.74) is 5.45. The molecule has 4 rings (SSSR count). The number of hydrazone groups is 1. The molecular formula is C22H20N6O2S. The van der Waals surface area contributed by atoms with Crippen LogP contribution in [0.2, 0.25) is 0 Å². The molecule has 1 amide bonds. The van der Waals surface area contributed by atoms with Crippen LogP contribution in [-0.4, -0.2) is 37.6 Å². The van der Waals surface area contributed by atoms with E-state index in [-0.39, 0.29) is 11.7 Å². The van der Waals surface area contributed by atoms with Crippen LogP contribution in [0.3, 0.4) is 0 Å². The van der Waals surface area contributed by atoms with E-state index in [0.29, 0.717) is 16.7 Å². The maximum absolute atomic E-state index is 12.2. The maximum Gasteiger partial charge on any atom is 0.250 e. The molecule has 0 fully saturated rings. The maximum atomic E-state index is 12.2. The highest BCUT2D eigenvalue weighted by atomic mass is 32.2. The number of rotatable bonds is 7. The first-order chi connectivity index (χ1) is 15.1. The summed E-state index contributed by atoms with van der Waals surface area (Å²) in [5, 5.41) is 13.2. The van der Waals surface area contributed by atoms with Gasteiger partial charge in [0, 0.05) is 23.6 Å². The molecule has 1 aromatic carbocycles. The molecule has 0 bridgehead atoms. The zero-order valence-electron chi connectivity index (χ0n) is 17.0. The van der Waals surface area contributed by atoms with Gasteiger partial charge in [-0.25, -0.2) is 5.43 Å². The second-order valence-corrected chi connectivity index (χ2v) is 7.69. The summed E-state index contributed by atoms with van der Waals surface area (Å²) in [6, 6.07) is 15.4. The number of aromatic nitrogens is 4. The number of hydrogen-bond acceptors (Lipinski definition) is 7. The van der Waals surface area contributed by atoms with Crippen LogP contribution in [0.15, 0.2) is 75.6 Å². The standard InChI is InChI=1S/C22H20N6O2S/c1-15-3-6-18(7-4-15)28-21(17-9-11-23-12-10-17)26-27-22(28)31-14-20(29)25-24-13-19-8-5-16(2)30-19/h3-13H,14H2,1-2H3,(H,25,29). The average Bonchev–Trinajstić information content (AvgIpc) is 3.39. The number of carbonyl (C=O) groups excluding carboxylic acids is 1. The van der Waals surface area contributed by atoms with E-state index in [1.54, 1.807) is 18.5 Å². The Morgan fingerprint density at radius 2 is 1.87 bits per heavy atom. The number of carbonyl (C=O) groups is 1. The molecule has 0 saturated heterocycles. The molecule has 0 unspecified atom stereocenters. The van der Waals surface area contributed by atoms with Crippen LogP contribution in [0.5, 0.6) is 0 Å². The highest BCUT2D eigenvalue weighted by Gasteiger charge is 2.17. The van der Waals surface area contributed by atoms with E-state index in [4.69, 9.17) is 4.42 Å². The highest BCUT2D eigenvalue weighted by Crippen LogP contribution is 2.27. The third kappa shape index (κ3) is 5.07. The van der Waals surface area contributed by atoms with Gasteiger partial charge in [-0.3, -0.25) is 14.3 Å². The molecule has 156 valence electrons. The summed E-state index contributed by atoms with van der Waals surface area (Å²) in [4.78, 5) is 16.3. The van der Waals surface area contributed by atoms with Crippen LogP contribution in [0.4, 0.5) is 0 Å². The van der Waals surface area contributed by atoms with Gasteiger partial charge >= 0.3 is 0 Å². The number of nitrogens with zero attached hydrogens (tertiary/aromatic N) is 5. The molecule has 0 aliphatic carbocycles. The summed E-state index contributed by atoms with van der Waals surface area (Å²) in [6.45, 7) is 3.88. The number of nitrogens with one attached hydrogen (secondary N) is 1. The van der Waals surface area contributed by atoms with Crippen molar-refractivity contribution in [2.75, 3.05) is 5.75 Å². The van der Waals surface area contributed by atoms with Crippen molar-refractivity contribution in [2.45, 2.75) is 19.0 Å². The zero-order chi connectivity index (χ0) is 21.6. The van der Waals surface area contributed by atoms with E-state index in [9.17, 15) is 4.79 Å². The van der Waals surface area contributed by atoms with Crippen molar-refractivity contribution in [2.24, 2.45) is 5.10 Å². The van der Waals surface area contributed by atoms with E-state index in [1.165, 1.54) is 18.0 Å². The van der Waals surface area contributed by atoms with Gasteiger partial charge in [0.2, 0.25) is 0 Å². The molecule has 4 aromatic rings. The van der Waals surface area contributed by atoms with Crippen molar-refractivity contribution >= 4 is 23.9 Å². The largest absolute Gasteiger partial charge is 0.460 e. The summed E-state index contributed by atoms with van der Waals surface area (Å²) >= 11 is 1.28. The molecule has 0 saturated carbocycles. The predicted molar refractivity (Wildman–Crippen MR) is 119 cm³/mol. The van der Waals surface area contributed by atoms with Crippen molar-refractivity contribution in [3.63, 3.8) is 0 Å². The molecule has 31 heavy (non-hydrogen) atoms. The second-order valence-electron chi connectivity index (χ2n) is 6.74. The molecule has 8 nitrogen and oxygen atoms in total. The number of amides is 1. The van der Waals surface area contributed by atoms with Crippen LogP contribution in [-0.2, 0) is 4.79 Å². The lowest BCUT2D eigenvalue weighted by molar-refractivity contribution is -0.118. The quantitative estimate of drug-likeness (QED) is 0.271. The van der Waals surface area contributed by atoms with Crippen molar-refractivity contribution in [1.82, 2.24) is 25.2 Å². The molecule has 3 heterocycles. The van der Waals surface area contributed by atoms with Crippen molar-refractivity contribution in [1.29, 1.82) is 0 Å². The number of furan rings is 1. The molecular weight excluding hydrogens is 412 g/mol. The van der Waals surface area contributed by atoms with Gasteiger partial charge in [-0.1, -0.05) is 29.5 Å². The lowest BCUT2D eigenvalue weighted by Crippen LogP contribution is -2.19. The summed E-state index contributed by atoms with van der Waals surface area (Å²) in [5.74, 6) is 1.92. The predicted octanol–water partition coefficient (Wildman–Crippen LogP) is 3.78. The smallest absolute Gasteiger partial charge is 0.250 e. The molecule has 1 N–H and O–H groups in total. The van der Waals surface area contributed by atoms with Gasteiger partial charge in [-0.15, -0.1) is 10.2 Å². The first kappa shape index (κ1) is 20.5. The Labute approximate surface area is 183 Å². The fourth-order valence-corrected chi connectivity index (χ4v) is 3.58. The number of hydrogen-bond donors (Lipinski definition) is 1. The van der Waals surface area contributed by atoms with Crippen molar-refractivity contribution in [3.05, 3.63) is 78.0 Å². The normalized spacial score (nSPS) is 11.2. The number of thioether (sulfide) groups is 1. The third-order valence-corrected chi connectivity index (χ3v) is 5.27. The van der Waals surface area contributed by atoms with Crippen LogP contribution < -0.4 is 5.43 Å². The van der Waals surface area contributed by atoms with Gasteiger partial charge in [0.1, 0.15) is 11.5 Å². The molecule has 0 aliphatic heterocycles. The van der Waals surface area contributed by atoms with Crippen LogP contribution in [0.1, 0.15) is 17.1 Å². The van der Waals surface area contributed by atoms with E-state index >= 15 is 0 Å². The fraction of sp³-hybridized carbons (Fsp3) is 0.136. The Kier molecular flexibility index (Phi) is 6.23. The van der Waals surface area contributed by atoms with Crippen LogP contribution in [0.25, 0.3) is 17.1 Å². The van der Waals surface area contributed by atoms with E-state index < -0.39 is 0 Å². The Morgan fingerprint density at radius 1 is 1.10 bits per heavy atom. The van der Waals surface area contributed by atoms with Gasteiger partial charge in [0.05, 0.1) is 12.0 Å². The molecule has 0 radical (unpaired) electrons. The average molecular weight is 433 g/mol. The minimum absolute atomic E-state index is 0.134. The van der Waals surface area contributed by atoms with E-state index in [2.05, 4.69) is 25.7 Å². The summed E-state index contributed by atoms with van der Waals surface area (Å²) in [7, 11) is 0. The molecule has 3 aromatic heterocycles. The van der Waals surface area contributed by atoms with E-state index in [0.717, 1.165) is 22.6 Å². The number of benzene rings is 1. The lowest BCUT2D eigenvalue weighted by Gasteiger charge is -2.10. The second kappa shape index (κ2) is 9.40. The minimum atomic E-state index is -0.256. The van der Waals surface area contributed by atoms with Gasteiger partial charge in [0.25, 0.3) is 5.91 Å². The zero-order valence-corrected chi connectivity index (χ0v) is 17.8. The SMILES string of the molecule is Cc1ccc(-n2c(SCC(=O)NN=Cc3ccc(C)o3)nnc2-c2ccncc2)cc1. The number of pyridine rings is 1. The summed E-state index contributed by atoms with van der Waals surface area (Å²) in [6.07, 6.45) is 4.89. The third-order valence-electron chi connectivity index (χ3n) is 4.34. The Hall–Kier alpha value is -3.72. The Bertz CT molecular complexity index is 1200. The summed E-state index contributed by atoms with van der Waals surface area (Å²) < 4.78 is 7.31. The first-order valence-corrected chi connectivity index (χ1v) is 10.5. The van der Waals surface area contributed by atoms with Crippen molar-refractivity contribution in [3.8, 4) is 17.1 Å². The van der Waals surface area contributed by atoms with Gasteiger partial charge in [-0.05, 0) is 50.2 Å². The number of aryl methyl sites for hydroxylation is 2. The van der Waals surface area contributed by atoms with Gasteiger partial charge in [-0.2, -0.15) is 5.10 Å². The lowest BCUT2D eigenvalue weighted by atomic mass is 10.2. The fourth-order valence-electron chi connectivity index (χ4n) is 2.83. The monoisotopic (exact) mass is 432 g/mol. The minimum Gasteiger partial charge on any atom is -0.460 e. The van der Waals surface area contributed by atoms with Gasteiger partial charge in [0.15, 0.2) is 11.0 Å². The first-order valence-electron chi connectivity index (χ1n) is 9.54. The molecule has 0 spiro atoms. The van der Waals surface area contributed by atoms with E-state index in [1.807, 2.05) is 60.9 Å². The topological polar surface area (TPSA) is 98.2 Å². The van der Waals surface area contributed by atoms with Gasteiger partial charge < -0.3 is 4.42 Å². The van der Waals surface area contributed by atoms with Crippen molar-refractivity contribution < 1.29 is 9.21 Å². The Balaban J connectivity index is 1.51. The molecule has 9 heteroatoms. The van der Waals surface area contributed by atoms with Crippen LogP contribution >= 0.6 is 11.8 Å². The molecule has 0 aliphatic rings.